The second-order valence-electron chi connectivity index (χ2n) is 4.26. The van der Waals surface area contributed by atoms with Gasteiger partial charge in [0.25, 0.3) is 0 Å². The summed E-state index contributed by atoms with van der Waals surface area (Å²) in [7, 11) is 0. The Hall–Kier alpha value is -0.300. The van der Waals surface area contributed by atoms with Crippen LogP contribution in [0.15, 0.2) is 12.7 Å². The highest BCUT2D eigenvalue weighted by Gasteiger charge is 2.29. The number of rotatable bonds is 5. The first-order valence-corrected chi connectivity index (χ1v) is 5.63. The van der Waals surface area contributed by atoms with Crippen LogP contribution in [0, 0.1) is 11.8 Å². The lowest BCUT2D eigenvalue weighted by atomic mass is 9.88. The van der Waals surface area contributed by atoms with Gasteiger partial charge >= 0.3 is 0 Å². The van der Waals surface area contributed by atoms with E-state index in [-0.39, 0.29) is 0 Å². The summed E-state index contributed by atoms with van der Waals surface area (Å²) < 4.78 is 0. The summed E-state index contributed by atoms with van der Waals surface area (Å²) in [6, 6.07) is 0.681. The Morgan fingerprint density at radius 2 is 2.31 bits per heavy atom. The molecule has 0 aromatic rings. The van der Waals surface area contributed by atoms with Crippen molar-refractivity contribution in [3.8, 4) is 0 Å². The fraction of sp³-hybridized carbons (Fsp3) is 0.833. The Kier molecular flexibility index (Phi) is 4.51. The normalized spacial score (nSPS) is 30.3. The smallest absolute Gasteiger partial charge is 0.0132 e. The van der Waals surface area contributed by atoms with Crippen molar-refractivity contribution >= 4 is 0 Å². The van der Waals surface area contributed by atoms with Crippen LogP contribution in [0.5, 0.6) is 0 Å². The Balaban J connectivity index is 2.46. The van der Waals surface area contributed by atoms with E-state index in [0.29, 0.717) is 6.04 Å². The van der Waals surface area contributed by atoms with Gasteiger partial charge in [0.2, 0.25) is 0 Å². The molecule has 76 valence electrons. The molecule has 0 bridgehead atoms. The van der Waals surface area contributed by atoms with Gasteiger partial charge in [0, 0.05) is 6.04 Å². The molecule has 0 aromatic heterocycles. The maximum atomic E-state index is 3.84. The zero-order valence-electron chi connectivity index (χ0n) is 9.05. The van der Waals surface area contributed by atoms with E-state index >= 15 is 0 Å². The number of hydrogen-bond acceptors (Lipinski definition) is 1. The topological polar surface area (TPSA) is 12.0 Å². The van der Waals surface area contributed by atoms with Crippen LogP contribution >= 0.6 is 0 Å². The van der Waals surface area contributed by atoms with E-state index in [1.54, 1.807) is 0 Å². The molecule has 3 unspecified atom stereocenters. The van der Waals surface area contributed by atoms with E-state index in [4.69, 9.17) is 0 Å². The van der Waals surface area contributed by atoms with Crippen LogP contribution < -0.4 is 5.32 Å². The van der Waals surface area contributed by atoms with E-state index in [1.165, 1.54) is 19.3 Å². The third-order valence-corrected chi connectivity index (χ3v) is 3.33. The van der Waals surface area contributed by atoms with Gasteiger partial charge < -0.3 is 5.32 Å². The number of nitrogens with one attached hydrogen (secondary N) is 1. The first kappa shape index (κ1) is 10.8. The van der Waals surface area contributed by atoms with Crippen molar-refractivity contribution in [1.29, 1.82) is 0 Å². The van der Waals surface area contributed by atoms with E-state index in [1.807, 2.05) is 0 Å². The first-order valence-electron chi connectivity index (χ1n) is 5.63. The van der Waals surface area contributed by atoms with Crippen molar-refractivity contribution in [3.05, 3.63) is 12.7 Å². The second-order valence-corrected chi connectivity index (χ2v) is 4.26. The largest absolute Gasteiger partial charge is 0.314 e. The molecule has 1 saturated carbocycles. The Morgan fingerprint density at radius 3 is 2.77 bits per heavy atom. The summed E-state index contributed by atoms with van der Waals surface area (Å²) in [4.78, 5) is 0. The van der Waals surface area contributed by atoms with Crippen molar-refractivity contribution in [2.45, 2.75) is 45.6 Å². The second kappa shape index (κ2) is 5.43. The molecule has 1 N–H and O–H groups in total. The van der Waals surface area contributed by atoms with Gasteiger partial charge in [-0.05, 0) is 31.2 Å². The highest BCUT2D eigenvalue weighted by atomic mass is 14.9. The quantitative estimate of drug-likeness (QED) is 0.643. The monoisotopic (exact) mass is 181 g/mol. The van der Waals surface area contributed by atoms with Crippen molar-refractivity contribution < 1.29 is 0 Å². The fourth-order valence-corrected chi connectivity index (χ4v) is 2.62. The predicted molar refractivity (Wildman–Crippen MR) is 58.8 cm³/mol. The Morgan fingerprint density at radius 1 is 1.54 bits per heavy atom. The minimum Gasteiger partial charge on any atom is -0.314 e. The van der Waals surface area contributed by atoms with Crippen LogP contribution in [0.3, 0.4) is 0 Å². The van der Waals surface area contributed by atoms with E-state index in [2.05, 4.69) is 31.8 Å². The van der Waals surface area contributed by atoms with Crippen LogP contribution in [0.1, 0.15) is 39.5 Å². The minimum absolute atomic E-state index is 0.681. The SMILES string of the molecule is C=CCC(NCC)C1CCCC1C. The number of hydrogen-bond donors (Lipinski definition) is 1. The third-order valence-electron chi connectivity index (χ3n) is 3.33. The summed E-state index contributed by atoms with van der Waals surface area (Å²) in [6.07, 6.45) is 7.43. The average Bonchev–Trinajstić information content (AvgIpc) is 2.51. The Bertz CT molecular complexity index is 153. The molecular formula is C12H23N. The molecule has 13 heavy (non-hydrogen) atoms. The van der Waals surface area contributed by atoms with Crippen LogP contribution in [-0.2, 0) is 0 Å². The summed E-state index contributed by atoms with van der Waals surface area (Å²) in [5.74, 6) is 1.79. The zero-order chi connectivity index (χ0) is 9.68. The summed E-state index contributed by atoms with van der Waals surface area (Å²) in [6.45, 7) is 9.51. The van der Waals surface area contributed by atoms with Crippen LogP contribution in [0.25, 0.3) is 0 Å². The summed E-state index contributed by atoms with van der Waals surface area (Å²) >= 11 is 0. The lowest BCUT2D eigenvalue weighted by Gasteiger charge is -2.26. The van der Waals surface area contributed by atoms with Crippen LogP contribution in [0.2, 0.25) is 0 Å². The molecule has 1 rings (SSSR count). The molecule has 1 aliphatic carbocycles. The lowest BCUT2D eigenvalue weighted by Crippen LogP contribution is -2.36. The summed E-state index contributed by atoms with van der Waals surface area (Å²) in [5, 5.41) is 3.58. The maximum absolute atomic E-state index is 3.84. The molecular weight excluding hydrogens is 158 g/mol. The zero-order valence-corrected chi connectivity index (χ0v) is 9.05. The Labute approximate surface area is 82.6 Å². The molecule has 0 aliphatic heterocycles. The highest BCUT2D eigenvalue weighted by molar-refractivity contribution is 4.88. The predicted octanol–water partition coefficient (Wildman–Crippen LogP) is 2.98. The van der Waals surface area contributed by atoms with Gasteiger partial charge in [0.05, 0.1) is 0 Å². The molecule has 0 amide bonds. The van der Waals surface area contributed by atoms with Gasteiger partial charge in [-0.25, -0.2) is 0 Å². The van der Waals surface area contributed by atoms with Crippen molar-refractivity contribution in [1.82, 2.24) is 5.32 Å². The molecule has 0 spiro atoms. The average molecular weight is 181 g/mol. The highest BCUT2D eigenvalue weighted by Crippen LogP contribution is 2.34. The standard InChI is InChI=1S/C12H23N/c1-4-7-12(13-5-2)11-9-6-8-10(11)3/h4,10-13H,1,5-9H2,2-3H3. The molecule has 3 atom stereocenters. The summed E-state index contributed by atoms with van der Waals surface area (Å²) in [5.41, 5.74) is 0. The molecule has 1 aliphatic rings. The first-order chi connectivity index (χ1) is 6.29. The lowest BCUT2D eigenvalue weighted by molar-refractivity contribution is 0.302. The van der Waals surface area contributed by atoms with Crippen LogP contribution in [-0.4, -0.2) is 12.6 Å². The fourth-order valence-electron chi connectivity index (χ4n) is 2.62. The molecule has 1 heteroatoms. The van der Waals surface area contributed by atoms with Gasteiger partial charge in [-0.15, -0.1) is 6.58 Å². The van der Waals surface area contributed by atoms with E-state index < -0.39 is 0 Å². The van der Waals surface area contributed by atoms with Crippen molar-refractivity contribution in [2.24, 2.45) is 11.8 Å². The molecule has 1 fully saturated rings. The van der Waals surface area contributed by atoms with E-state index in [0.717, 1.165) is 24.8 Å². The van der Waals surface area contributed by atoms with Gasteiger partial charge in [-0.1, -0.05) is 32.8 Å². The van der Waals surface area contributed by atoms with Crippen molar-refractivity contribution in [3.63, 3.8) is 0 Å². The maximum Gasteiger partial charge on any atom is 0.0132 e. The molecule has 0 saturated heterocycles. The van der Waals surface area contributed by atoms with E-state index in [9.17, 15) is 0 Å². The molecule has 0 radical (unpaired) electrons. The van der Waals surface area contributed by atoms with Gasteiger partial charge in [-0.2, -0.15) is 0 Å². The van der Waals surface area contributed by atoms with Crippen molar-refractivity contribution in [2.75, 3.05) is 6.54 Å². The molecule has 0 heterocycles. The molecule has 1 nitrogen and oxygen atoms in total. The van der Waals surface area contributed by atoms with Gasteiger partial charge in [0.15, 0.2) is 0 Å². The van der Waals surface area contributed by atoms with Gasteiger partial charge in [-0.3, -0.25) is 0 Å². The minimum atomic E-state index is 0.681. The molecule has 0 aromatic carbocycles. The van der Waals surface area contributed by atoms with Crippen LogP contribution in [0.4, 0.5) is 0 Å². The van der Waals surface area contributed by atoms with Gasteiger partial charge in [0.1, 0.15) is 0 Å². The third kappa shape index (κ3) is 2.84.